The van der Waals surface area contributed by atoms with Crippen molar-refractivity contribution in [1.82, 2.24) is 10.3 Å². The maximum Gasteiger partial charge on any atom is 0.127 e. The SMILES string of the molecule is CCC(CC)(C(Cc1ccc(Cl)cc1F)NN)N(C)C. The average molecular weight is 302 g/mol. The first kappa shape index (κ1) is 17.4. The highest BCUT2D eigenvalue weighted by atomic mass is 35.5. The van der Waals surface area contributed by atoms with Crippen LogP contribution in [0.1, 0.15) is 32.3 Å². The predicted molar refractivity (Wildman–Crippen MR) is 83.2 cm³/mol. The van der Waals surface area contributed by atoms with E-state index in [0.717, 1.165) is 12.8 Å². The average Bonchev–Trinajstić information content (AvgIpc) is 2.41. The molecular weight excluding hydrogens is 277 g/mol. The van der Waals surface area contributed by atoms with Crippen LogP contribution in [0.2, 0.25) is 5.02 Å². The topological polar surface area (TPSA) is 41.3 Å². The Balaban J connectivity index is 3.06. The summed E-state index contributed by atoms with van der Waals surface area (Å²) in [5.74, 6) is 5.47. The Labute approximate surface area is 126 Å². The summed E-state index contributed by atoms with van der Waals surface area (Å²) < 4.78 is 14.0. The van der Waals surface area contributed by atoms with E-state index in [0.29, 0.717) is 17.0 Å². The van der Waals surface area contributed by atoms with Crippen LogP contribution in [0.3, 0.4) is 0 Å². The smallest absolute Gasteiger partial charge is 0.127 e. The molecule has 0 aliphatic heterocycles. The molecule has 1 rings (SSSR count). The Hall–Kier alpha value is -0.680. The Morgan fingerprint density at radius 2 is 1.95 bits per heavy atom. The lowest BCUT2D eigenvalue weighted by molar-refractivity contribution is 0.0878. The molecule has 0 aromatic heterocycles. The van der Waals surface area contributed by atoms with Gasteiger partial charge in [0.05, 0.1) is 0 Å². The van der Waals surface area contributed by atoms with E-state index in [9.17, 15) is 4.39 Å². The van der Waals surface area contributed by atoms with E-state index in [1.807, 2.05) is 14.1 Å². The zero-order chi connectivity index (χ0) is 15.3. The summed E-state index contributed by atoms with van der Waals surface area (Å²) >= 11 is 5.79. The summed E-state index contributed by atoms with van der Waals surface area (Å²) in [6, 6.07) is 4.75. The summed E-state index contributed by atoms with van der Waals surface area (Å²) in [7, 11) is 4.07. The highest BCUT2D eigenvalue weighted by molar-refractivity contribution is 6.30. The fourth-order valence-electron chi connectivity index (χ4n) is 3.00. The number of rotatable bonds is 7. The molecule has 5 heteroatoms. The zero-order valence-corrected chi connectivity index (χ0v) is 13.5. The molecule has 0 saturated carbocycles. The van der Waals surface area contributed by atoms with Crippen LogP contribution in [0.5, 0.6) is 0 Å². The Bertz CT molecular complexity index is 433. The van der Waals surface area contributed by atoms with Gasteiger partial charge in [0.25, 0.3) is 0 Å². The molecule has 1 atom stereocenters. The lowest BCUT2D eigenvalue weighted by Gasteiger charge is -2.45. The molecule has 1 unspecified atom stereocenters. The molecule has 0 spiro atoms. The van der Waals surface area contributed by atoms with Crippen LogP contribution in [-0.4, -0.2) is 30.6 Å². The van der Waals surface area contributed by atoms with Gasteiger partial charge < -0.3 is 4.90 Å². The monoisotopic (exact) mass is 301 g/mol. The highest BCUT2D eigenvalue weighted by Gasteiger charge is 2.37. The zero-order valence-electron chi connectivity index (χ0n) is 12.7. The van der Waals surface area contributed by atoms with Gasteiger partial charge in [-0.05, 0) is 51.1 Å². The van der Waals surface area contributed by atoms with Crippen LogP contribution in [0.4, 0.5) is 4.39 Å². The minimum atomic E-state index is -0.280. The number of hydrazine groups is 1. The van der Waals surface area contributed by atoms with Crippen LogP contribution in [-0.2, 0) is 6.42 Å². The molecule has 0 saturated heterocycles. The Kier molecular flexibility index (Phi) is 6.40. The summed E-state index contributed by atoms with van der Waals surface area (Å²) in [5, 5.41) is 0.411. The third-order valence-corrected chi connectivity index (χ3v) is 4.64. The quantitative estimate of drug-likeness (QED) is 0.601. The van der Waals surface area contributed by atoms with Crippen LogP contribution < -0.4 is 11.3 Å². The second kappa shape index (κ2) is 7.36. The fourth-order valence-corrected chi connectivity index (χ4v) is 3.16. The number of hydrogen-bond donors (Lipinski definition) is 2. The number of likely N-dealkylation sites (N-methyl/N-ethyl adjacent to an activating group) is 1. The molecule has 3 nitrogen and oxygen atoms in total. The number of nitrogens with one attached hydrogen (secondary N) is 1. The first-order valence-corrected chi connectivity index (χ1v) is 7.36. The van der Waals surface area contributed by atoms with Gasteiger partial charge >= 0.3 is 0 Å². The predicted octanol–water partition coefficient (Wildman–Crippen LogP) is 2.97. The molecule has 1 aromatic rings. The van der Waals surface area contributed by atoms with E-state index >= 15 is 0 Å². The number of halogens is 2. The van der Waals surface area contributed by atoms with Gasteiger partial charge in [-0.3, -0.25) is 11.3 Å². The van der Waals surface area contributed by atoms with E-state index in [-0.39, 0.29) is 17.4 Å². The lowest BCUT2D eigenvalue weighted by Crippen LogP contribution is -2.61. The van der Waals surface area contributed by atoms with Crippen molar-refractivity contribution in [2.45, 2.75) is 44.7 Å². The summed E-state index contributed by atoms with van der Waals surface area (Å²) in [6.07, 6.45) is 2.39. The van der Waals surface area contributed by atoms with Gasteiger partial charge in [-0.1, -0.05) is 31.5 Å². The third kappa shape index (κ3) is 3.50. The highest BCUT2D eigenvalue weighted by Crippen LogP contribution is 2.28. The molecule has 0 radical (unpaired) electrons. The Morgan fingerprint density at radius 1 is 1.35 bits per heavy atom. The van der Waals surface area contributed by atoms with E-state index in [1.54, 1.807) is 12.1 Å². The molecule has 1 aromatic carbocycles. The number of benzene rings is 1. The molecular formula is C15H25ClFN3. The first-order valence-electron chi connectivity index (χ1n) is 6.98. The molecule has 3 N–H and O–H groups in total. The maximum absolute atomic E-state index is 14.0. The summed E-state index contributed by atoms with van der Waals surface area (Å²) in [4.78, 5) is 2.17. The van der Waals surface area contributed by atoms with Crippen LogP contribution in [0, 0.1) is 5.82 Å². The Morgan fingerprint density at radius 3 is 2.35 bits per heavy atom. The van der Waals surface area contributed by atoms with Gasteiger partial charge in [-0.15, -0.1) is 0 Å². The van der Waals surface area contributed by atoms with E-state index in [2.05, 4.69) is 24.2 Å². The summed E-state index contributed by atoms with van der Waals surface area (Å²) in [5.41, 5.74) is 3.39. The fraction of sp³-hybridized carbons (Fsp3) is 0.600. The number of hydrogen-bond acceptors (Lipinski definition) is 3. The van der Waals surface area contributed by atoms with Crippen molar-refractivity contribution >= 4 is 11.6 Å². The van der Waals surface area contributed by atoms with Crippen molar-refractivity contribution in [2.75, 3.05) is 14.1 Å². The molecule has 20 heavy (non-hydrogen) atoms. The molecule has 0 bridgehead atoms. The van der Waals surface area contributed by atoms with E-state index < -0.39 is 0 Å². The standard InChI is InChI=1S/C15H25ClFN3/c1-5-15(6-2,20(3)4)14(19-18)9-11-7-8-12(16)10-13(11)17/h7-8,10,14,19H,5-6,9,18H2,1-4H3. The van der Waals surface area contributed by atoms with Gasteiger partial charge in [-0.25, -0.2) is 4.39 Å². The van der Waals surface area contributed by atoms with Crippen molar-refractivity contribution in [1.29, 1.82) is 0 Å². The maximum atomic E-state index is 14.0. The molecule has 114 valence electrons. The van der Waals surface area contributed by atoms with Crippen molar-refractivity contribution < 1.29 is 4.39 Å². The minimum Gasteiger partial charge on any atom is -0.302 e. The largest absolute Gasteiger partial charge is 0.302 e. The van der Waals surface area contributed by atoms with Gasteiger partial charge in [0.1, 0.15) is 5.82 Å². The molecule has 0 amide bonds. The van der Waals surface area contributed by atoms with E-state index in [1.165, 1.54) is 6.07 Å². The van der Waals surface area contributed by atoms with Gasteiger partial charge in [0.2, 0.25) is 0 Å². The number of nitrogens with two attached hydrogens (primary N) is 1. The molecule has 0 fully saturated rings. The molecule has 0 aliphatic rings. The van der Waals surface area contributed by atoms with Crippen molar-refractivity contribution in [3.8, 4) is 0 Å². The van der Waals surface area contributed by atoms with Crippen molar-refractivity contribution in [2.24, 2.45) is 5.84 Å². The van der Waals surface area contributed by atoms with E-state index in [4.69, 9.17) is 17.4 Å². The van der Waals surface area contributed by atoms with Crippen LogP contribution in [0.15, 0.2) is 18.2 Å². The second-order valence-electron chi connectivity index (χ2n) is 5.36. The van der Waals surface area contributed by atoms with Gasteiger partial charge in [0, 0.05) is 16.6 Å². The molecule has 0 heterocycles. The lowest BCUT2D eigenvalue weighted by atomic mass is 9.80. The van der Waals surface area contributed by atoms with Gasteiger partial charge in [-0.2, -0.15) is 0 Å². The summed E-state index contributed by atoms with van der Waals surface area (Å²) in [6.45, 7) is 4.26. The van der Waals surface area contributed by atoms with Gasteiger partial charge in [0.15, 0.2) is 0 Å². The minimum absolute atomic E-state index is 0.0387. The first-order chi connectivity index (χ1) is 9.41. The normalized spacial score (nSPS) is 13.8. The van der Waals surface area contributed by atoms with Crippen LogP contribution in [0.25, 0.3) is 0 Å². The van der Waals surface area contributed by atoms with Crippen molar-refractivity contribution in [3.63, 3.8) is 0 Å². The van der Waals surface area contributed by atoms with Crippen LogP contribution >= 0.6 is 11.6 Å². The molecule has 0 aliphatic carbocycles. The third-order valence-electron chi connectivity index (χ3n) is 4.40. The van der Waals surface area contributed by atoms with Crippen molar-refractivity contribution in [3.05, 3.63) is 34.6 Å². The number of nitrogens with zero attached hydrogens (tertiary/aromatic N) is 1. The second-order valence-corrected chi connectivity index (χ2v) is 5.80.